The topological polar surface area (TPSA) is 92.6 Å². The third-order valence-corrected chi connectivity index (χ3v) is 4.32. The summed E-state index contributed by atoms with van der Waals surface area (Å²) in [6, 6.07) is 7.23. The van der Waals surface area contributed by atoms with Gasteiger partial charge in [0.25, 0.3) is 5.91 Å². The van der Waals surface area contributed by atoms with Gasteiger partial charge in [-0.1, -0.05) is 37.2 Å². The molecular formula is C17H21N3O3. The average molecular weight is 315 g/mol. The lowest BCUT2D eigenvalue weighted by Gasteiger charge is -2.23. The number of para-hydroxylation sites is 1. The lowest BCUT2D eigenvalue weighted by atomic mass is 9.87. The van der Waals surface area contributed by atoms with Crippen molar-refractivity contribution in [3.63, 3.8) is 0 Å². The lowest BCUT2D eigenvalue weighted by Crippen LogP contribution is -2.42. The van der Waals surface area contributed by atoms with Gasteiger partial charge < -0.3 is 20.3 Å². The number of aryl methyl sites for hydroxylation is 1. The Bertz CT molecular complexity index is 734. The van der Waals surface area contributed by atoms with Crippen molar-refractivity contribution in [3.05, 3.63) is 41.1 Å². The molecule has 0 saturated heterocycles. The van der Waals surface area contributed by atoms with Crippen LogP contribution in [0.4, 0.5) is 11.6 Å². The largest absolute Gasteiger partial charge is 0.371 e. The van der Waals surface area contributed by atoms with E-state index >= 15 is 0 Å². The Morgan fingerprint density at radius 1 is 1.39 bits per heavy atom. The number of fused-ring (bicyclic) bond motifs is 1. The standard InChI is InChI=1S/C17H21N3O3/c1-10(2)8-9-20-13-7-5-4-6-12(13)17(22,16(20)21)14-11(3)19-23-15(14)18/h4-7,10,22H,8-9,18H2,1-3H3. The molecule has 0 aliphatic carbocycles. The number of rotatable bonds is 4. The molecule has 1 aliphatic heterocycles. The van der Waals surface area contributed by atoms with Crippen LogP contribution in [0.3, 0.4) is 0 Å². The van der Waals surface area contributed by atoms with Crippen LogP contribution in [-0.4, -0.2) is 22.7 Å². The van der Waals surface area contributed by atoms with E-state index in [-0.39, 0.29) is 11.4 Å². The maximum absolute atomic E-state index is 13.1. The first kappa shape index (κ1) is 15.6. The summed E-state index contributed by atoms with van der Waals surface area (Å²) in [7, 11) is 0. The van der Waals surface area contributed by atoms with Crippen molar-refractivity contribution in [2.45, 2.75) is 32.8 Å². The minimum absolute atomic E-state index is 0.0288. The van der Waals surface area contributed by atoms with Crippen molar-refractivity contribution in [1.82, 2.24) is 5.16 Å². The number of amides is 1. The molecule has 1 aromatic carbocycles. The molecule has 6 nitrogen and oxygen atoms in total. The van der Waals surface area contributed by atoms with E-state index in [0.29, 0.717) is 29.4 Å². The summed E-state index contributed by atoms with van der Waals surface area (Å²) in [5.74, 6) is 0.0160. The van der Waals surface area contributed by atoms with Crippen LogP contribution in [0.15, 0.2) is 28.8 Å². The number of anilines is 2. The average Bonchev–Trinajstić information content (AvgIpc) is 2.95. The maximum Gasteiger partial charge on any atom is 0.268 e. The summed E-state index contributed by atoms with van der Waals surface area (Å²) < 4.78 is 4.97. The first-order chi connectivity index (χ1) is 10.9. The Balaban J connectivity index is 2.14. The van der Waals surface area contributed by atoms with Crippen molar-refractivity contribution in [1.29, 1.82) is 0 Å². The van der Waals surface area contributed by atoms with E-state index in [1.165, 1.54) is 0 Å². The molecule has 0 bridgehead atoms. The van der Waals surface area contributed by atoms with Crippen LogP contribution in [0.1, 0.15) is 37.1 Å². The van der Waals surface area contributed by atoms with E-state index in [2.05, 4.69) is 19.0 Å². The van der Waals surface area contributed by atoms with Crippen molar-refractivity contribution < 1.29 is 14.4 Å². The summed E-state index contributed by atoms with van der Waals surface area (Å²) in [5, 5.41) is 15.1. The number of carbonyl (C=O) groups excluding carboxylic acids is 1. The third kappa shape index (κ3) is 2.21. The summed E-state index contributed by atoms with van der Waals surface area (Å²) in [6.45, 7) is 6.40. The summed E-state index contributed by atoms with van der Waals surface area (Å²) in [6.07, 6.45) is 0.842. The Labute approximate surface area is 134 Å². The molecule has 2 aromatic rings. The second kappa shape index (κ2) is 5.38. The quantitative estimate of drug-likeness (QED) is 0.902. The SMILES string of the molecule is Cc1noc(N)c1C1(O)C(=O)N(CCC(C)C)c2ccccc21. The second-order valence-corrected chi connectivity index (χ2v) is 6.37. The van der Waals surface area contributed by atoms with Crippen LogP contribution in [-0.2, 0) is 10.4 Å². The molecule has 3 rings (SSSR count). The fraction of sp³-hybridized carbons (Fsp3) is 0.412. The third-order valence-electron chi connectivity index (χ3n) is 4.32. The first-order valence-corrected chi connectivity index (χ1v) is 7.73. The summed E-state index contributed by atoms with van der Waals surface area (Å²) >= 11 is 0. The van der Waals surface area contributed by atoms with E-state index in [0.717, 1.165) is 6.42 Å². The number of hydrogen-bond donors (Lipinski definition) is 2. The summed E-state index contributed by atoms with van der Waals surface area (Å²) in [4.78, 5) is 14.7. The van der Waals surface area contributed by atoms with Crippen LogP contribution < -0.4 is 10.6 Å². The zero-order valence-electron chi connectivity index (χ0n) is 13.5. The molecule has 0 fully saturated rings. The molecule has 3 N–H and O–H groups in total. The molecule has 0 saturated carbocycles. The number of benzene rings is 1. The van der Waals surface area contributed by atoms with Gasteiger partial charge in [-0.2, -0.15) is 0 Å². The van der Waals surface area contributed by atoms with Crippen LogP contribution in [0, 0.1) is 12.8 Å². The highest BCUT2D eigenvalue weighted by Gasteiger charge is 2.53. The molecule has 1 aromatic heterocycles. The zero-order valence-corrected chi connectivity index (χ0v) is 13.5. The minimum atomic E-state index is -1.85. The highest BCUT2D eigenvalue weighted by Crippen LogP contribution is 2.47. The van der Waals surface area contributed by atoms with E-state index < -0.39 is 11.5 Å². The number of aliphatic hydroxyl groups is 1. The Kier molecular flexibility index (Phi) is 3.64. The van der Waals surface area contributed by atoms with Gasteiger partial charge in [0.15, 0.2) is 0 Å². The smallest absolute Gasteiger partial charge is 0.268 e. The fourth-order valence-corrected chi connectivity index (χ4v) is 3.11. The molecule has 6 heteroatoms. The molecular weight excluding hydrogens is 294 g/mol. The Morgan fingerprint density at radius 2 is 2.09 bits per heavy atom. The number of nitrogens with two attached hydrogens (primary N) is 1. The monoisotopic (exact) mass is 315 g/mol. The predicted octanol–water partition coefficient (Wildman–Crippen LogP) is 2.19. The first-order valence-electron chi connectivity index (χ1n) is 7.73. The van der Waals surface area contributed by atoms with Gasteiger partial charge >= 0.3 is 0 Å². The summed E-state index contributed by atoms with van der Waals surface area (Å²) in [5.41, 5.74) is 5.87. The van der Waals surface area contributed by atoms with E-state index in [9.17, 15) is 9.90 Å². The van der Waals surface area contributed by atoms with Crippen LogP contribution >= 0.6 is 0 Å². The molecule has 1 unspecified atom stereocenters. The van der Waals surface area contributed by atoms with Crippen molar-refractivity contribution >= 4 is 17.5 Å². The van der Waals surface area contributed by atoms with Crippen molar-refractivity contribution in [2.24, 2.45) is 5.92 Å². The number of hydrogen-bond acceptors (Lipinski definition) is 5. The molecule has 1 atom stereocenters. The number of aromatic nitrogens is 1. The normalized spacial score (nSPS) is 20.4. The van der Waals surface area contributed by atoms with Crippen LogP contribution in [0.5, 0.6) is 0 Å². The highest BCUT2D eigenvalue weighted by atomic mass is 16.5. The van der Waals surface area contributed by atoms with Crippen LogP contribution in [0.25, 0.3) is 0 Å². The number of carbonyl (C=O) groups is 1. The van der Waals surface area contributed by atoms with Gasteiger partial charge in [-0.05, 0) is 25.3 Å². The fourth-order valence-electron chi connectivity index (χ4n) is 3.11. The van der Waals surface area contributed by atoms with E-state index in [4.69, 9.17) is 10.3 Å². The Hall–Kier alpha value is -2.34. The van der Waals surface area contributed by atoms with Gasteiger partial charge in [0, 0.05) is 12.1 Å². The van der Waals surface area contributed by atoms with Gasteiger partial charge in [0.2, 0.25) is 11.5 Å². The van der Waals surface area contributed by atoms with Crippen molar-refractivity contribution in [2.75, 3.05) is 17.2 Å². The molecule has 2 heterocycles. The predicted molar refractivity (Wildman–Crippen MR) is 86.9 cm³/mol. The van der Waals surface area contributed by atoms with E-state index in [1.54, 1.807) is 24.0 Å². The van der Waals surface area contributed by atoms with Gasteiger partial charge in [0.05, 0.1) is 16.9 Å². The number of nitrogen functional groups attached to an aromatic ring is 1. The van der Waals surface area contributed by atoms with Crippen LogP contribution in [0.2, 0.25) is 0 Å². The van der Waals surface area contributed by atoms with Gasteiger partial charge in [-0.25, -0.2) is 0 Å². The molecule has 1 aliphatic rings. The molecule has 23 heavy (non-hydrogen) atoms. The van der Waals surface area contributed by atoms with Gasteiger partial charge in [-0.3, -0.25) is 4.79 Å². The zero-order chi connectivity index (χ0) is 16.8. The minimum Gasteiger partial charge on any atom is -0.371 e. The van der Waals surface area contributed by atoms with Crippen molar-refractivity contribution in [3.8, 4) is 0 Å². The van der Waals surface area contributed by atoms with Gasteiger partial charge in [-0.15, -0.1) is 0 Å². The Morgan fingerprint density at radius 3 is 2.70 bits per heavy atom. The molecule has 1 amide bonds. The second-order valence-electron chi connectivity index (χ2n) is 6.37. The molecule has 0 radical (unpaired) electrons. The maximum atomic E-state index is 13.1. The molecule has 0 spiro atoms. The highest BCUT2D eigenvalue weighted by molar-refractivity contribution is 6.09. The van der Waals surface area contributed by atoms with Gasteiger partial charge in [0.1, 0.15) is 0 Å². The van der Waals surface area contributed by atoms with E-state index in [1.807, 2.05) is 12.1 Å². The number of nitrogens with zero attached hydrogens (tertiary/aromatic N) is 2. The molecule has 122 valence electrons. The lowest BCUT2D eigenvalue weighted by molar-refractivity contribution is -0.132.